The van der Waals surface area contributed by atoms with Crippen molar-refractivity contribution in [2.75, 3.05) is 0 Å². The summed E-state index contributed by atoms with van der Waals surface area (Å²) in [4.78, 5) is 20.3. The number of carbonyl (C=O) groups excluding carboxylic acids is 1. The molecule has 3 rings (SSSR count). The molecule has 6 heteroatoms. The van der Waals surface area contributed by atoms with Crippen molar-refractivity contribution in [1.82, 2.24) is 19.7 Å². The second-order valence-corrected chi connectivity index (χ2v) is 4.24. The highest BCUT2D eigenvalue weighted by Gasteiger charge is 2.15. The quantitative estimate of drug-likeness (QED) is 0.737. The van der Waals surface area contributed by atoms with E-state index in [0.29, 0.717) is 11.5 Å². The number of rotatable bonds is 3. The summed E-state index contributed by atoms with van der Waals surface area (Å²) in [5.74, 6) is 0.423. The SMILES string of the molecule is O=C(OCc1ccccc1)n1nccc1-c1ncccn1. The molecule has 0 atom stereocenters. The van der Waals surface area contributed by atoms with Gasteiger partial charge >= 0.3 is 6.09 Å². The van der Waals surface area contributed by atoms with Gasteiger partial charge in [0.05, 0.1) is 6.20 Å². The third-order valence-corrected chi connectivity index (χ3v) is 2.82. The summed E-state index contributed by atoms with van der Waals surface area (Å²) < 4.78 is 6.39. The van der Waals surface area contributed by atoms with E-state index in [9.17, 15) is 4.79 Å². The highest BCUT2D eigenvalue weighted by atomic mass is 16.6. The molecule has 0 radical (unpaired) electrons. The predicted octanol–water partition coefficient (Wildman–Crippen LogP) is 2.53. The average Bonchev–Trinajstić information content (AvgIpc) is 3.04. The molecule has 0 unspecified atom stereocenters. The summed E-state index contributed by atoms with van der Waals surface area (Å²) >= 11 is 0. The van der Waals surface area contributed by atoms with Gasteiger partial charge in [0.2, 0.25) is 0 Å². The van der Waals surface area contributed by atoms with Crippen molar-refractivity contribution in [1.29, 1.82) is 0 Å². The Kier molecular flexibility index (Phi) is 3.68. The van der Waals surface area contributed by atoms with Crippen LogP contribution in [0.25, 0.3) is 11.5 Å². The van der Waals surface area contributed by atoms with E-state index in [1.54, 1.807) is 24.5 Å². The Bertz CT molecular complexity index is 726. The first-order chi connectivity index (χ1) is 10.3. The number of ether oxygens (including phenoxy) is 1. The lowest BCUT2D eigenvalue weighted by atomic mass is 10.2. The minimum atomic E-state index is -0.564. The molecule has 0 aliphatic heterocycles. The van der Waals surface area contributed by atoms with Gasteiger partial charge in [-0.2, -0.15) is 9.78 Å². The Morgan fingerprint density at radius 3 is 2.52 bits per heavy atom. The summed E-state index contributed by atoms with van der Waals surface area (Å²) in [5, 5.41) is 3.97. The monoisotopic (exact) mass is 280 g/mol. The standard InChI is InChI=1S/C15H12N4O2/c20-15(21-11-12-5-2-1-3-6-12)19-13(7-10-18-19)14-16-8-4-9-17-14/h1-10H,11H2. The van der Waals surface area contributed by atoms with Crippen LogP contribution in [-0.4, -0.2) is 25.8 Å². The Morgan fingerprint density at radius 2 is 1.76 bits per heavy atom. The fourth-order valence-electron chi connectivity index (χ4n) is 1.83. The van der Waals surface area contributed by atoms with Gasteiger partial charge in [0, 0.05) is 12.4 Å². The minimum Gasteiger partial charge on any atom is -0.443 e. The van der Waals surface area contributed by atoms with Crippen LogP contribution in [0.3, 0.4) is 0 Å². The van der Waals surface area contributed by atoms with E-state index in [2.05, 4.69) is 15.1 Å². The van der Waals surface area contributed by atoms with Crippen LogP contribution in [0.2, 0.25) is 0 Å². The van der Waals surface area contributed by atoms with E-state index in [1.165, 1.54) is 6.20 Å². The van der Waals surface area contributed by atoms with E-state index < -0.39 is 6.09 Å². The Morgan fingerprint density at radius 1 is 1.00 bits per heavy atom. The Labute approximate surface area is 121 Å². The molecule has 104 valence electrons. The van der Waals surface area contributed by atoms with E-state index in [0.717, 1.165) is 10.2 Å². The molecular formula is C15H12N4O2. The third-order valence-electron chi connectivity index (χ3n) is 2.82. The second-order valence-electron chi connectivity index (χ2n) is 4.24. The number of benzene rings is 1. The zero-order chi connectivity index (χ0) is 14.5. The summed E-state index contributed by atoms with van der Waals surface area (Å²) in [6.07, 6.45) is 4.16. The third kappa shape index (κ3) is 2.94. The molecule has 2 heterocycles. The van der Waals surface area contributed by atoms with Crippen LogP contribution in [0.1, 0.15) is 5.56 Å². The van der Waals surface area contributed by atoms with Crippen LogP contribution >= 0.6 is 0 Å². The first kappa shape index (κ1) is 13.0. The first-order valence-electron chi connectivity index (χ1n) is 6.37. The number of hydrogen-bond donors (Lipinski definition) is 0. The van der Waals surface area contributed by atoms with Crippen molar-refractivity contribution in [3.05, 3.63) is 66.6 Å². The molecule has 0 N–H and O–H groups in total. The van der Waals surface area contributed by atoms with Gasteiger partial charge in [-0.25, -0.2) is 14.8 Å². The lowest BCUT2D eigenvalue weighted by Gasteiger charge is -2.06. The van der Waals surface area contributed by atoms with Crippen molar-refractivity contribution in [3.63, 3.8) is 0 Å². The molecule has 0 fully saturated rings. The fraction of sp³-hybridized carbons (Fsp3) is 0.0667. The van der Waals surface area contributed by atoms with Crippen molar-refractivity contribution in [2.45, 2.75) is 6.61 Å². The number of carbonyl (C=O) groups is 1. The normalized spacial score (nSPS) is 10.3. The molecule has 0 spiro atoms. The lowest BCUT2D eigenvalue weighted by Crippen LogP contribution is -2.16. The van der Waals surface area contributed by atoms with Crippen LogP contribution in [0, 0.1) is 0 Å². The van der Waals surface area contributed by atoms with Crippen molar-refractivity contribution >= 4 is 6.09 Å². The van der Waals surface area contributed by atoms with Crippen molar-refractivity contribution in [2.24, 2.45) is 0 Å². The van der Waals surface area contributed by atoms with Gasteiger partial charge in [-0.3, -0.25) is 0 Å². The van der Waals surface area contributed by atoms with Gasteiger partial charge in [0.15, 0.2) is 5.82 Å². The molecule has 0 saturated carbocycles. The van der Waals surface area contributed by atoms with Gasteiger partial charge < -0.3 is 4.74 Å². The summed E-state index contributed by atoms with van der Waals surface area (Å²) in [6, 6.07) is 12.8. The van der Waals surface area contributed by atoms with E-state index in [-0.39, 0.29) is 6.61 Å². The lowest BCUT2D eigenvalue weighted by molar-refractivity contribution is 0.138. The van der Waals surface area contributed by atoms with Gasteiger partial charge in [-0.05, 0) is 17.7 Å². The molecule has 3 aromatic rings. The summed E-state index contributed by atoms with van der Waals surface area (Å²) in [6.45, 7) is 0.189. The molecule has 0 bridgehead atoms. The highest BCUT2D eigenvalue weighted by Crippen LogP contribution is 2.13. The zero-order valence-corrected chi connectivity index (χ0v) is 11.1. The van der Waals surface area contributed by atoms with Gasteiger partial charge in [0.25, 0.3) is 0 Å². The number of hydrogen-bond acceptors (Lipinski definition) is 5. The van der Waals surface area contributed by atoms with Gasteiger partial charge in [-0.1, -0.05) is 30.3 Å². The second kappa shape index (κ2) is 5.96. The topological polar surface area (TPSA) is 69.9 Å². The molecule has 0 aliphatic rings. The molecule has 0 aliphatic carbocycles. The molecule has 6 nitrogen and oxygen atoms in total. The Hall–Kier alpha value is -3.02. The molecule has 2 aromatic heterocycles. The van der Waals surface area contributed by atoms with Gasteiger partial charge in [0.1, 0.15) is 12.3 Å². The average molecular weight is 280 g/mol. The predicted molar refractivity (Wildman–Crippen MR) is 75.3 cm³/mol. The minimum absolute atomic E-state index is 0.189. The van der Waals surface area contributed by atoms with Crippen LogP contribution in [0.15, 0.2) is 61.1 Å². The molecule has 21 heavy (non-hydrogen) atoms. The molecule has 1 aromatic carbocycles. The summed E-state index contributed by atoms with van der Waals surface area (Å²) in [5.41, 5.74) is 1.41. The van der Waals surface area contributed by atoms with Gasteiger partial charge in [-0.15, -0.1) is 0 Å². The maximum Gasteiger partial charge on any atom is 0.435 e. The zero-order valence-electron chi connectivity index (χ0n) is 11.1. The maximum absolute atomic E-state index is 12.1. The maximum atomic E-state index is 12.1. The Balaban J connectivity index is 1.76. The largest absolute Gasteiger partial charge is 0.443 e. The fourth-order valence-corrected chi connectivity index (χ4v) is 1.83. The smallest absolute Gasteiger partial charge is 0.435 e. The molecule has 0 saturated heterocycles. The van der Waals surface area contributed by atoms with Crippen LogP contribution in [0.4, 0.5) is 4.79 Å². The highest BCUT2D eigenvalue weighted by molar-refractivity contribution is 5.75. The van der Waals surface area contributed by atoms with Crippen molar-refractivity contribution in [3.8, 4) is 11.5 Å². The van der Waals surface area contributed by atoms with Crippen LogP contribution in [-0.2, 0) is 11.3 Å². The molecular weight excluding hydrogens is 268 g/mol. The number of aromatic nitrogens is 4. The molecule has 0 amide bonds. The van der Waals surface area contributed by atoms with E-state index in [4.69, 9.17) is 4.74 Å². The first-order valence-corrected chi connectivity index (χ1v) is 6.37. The van der Waals surface area contributed by atoms with E-state index in [1.807, 2.05) is 30.3 Å². The van der Waals surface area contributed by atoms with Crippen LogP contribution < -0.4 is 0 Å². The summed E-state index contributed by atoms with van der Waals surface area (Å²) in [7, 11) is 0. The van der Waals surface area contributed by atoms with Crippen molar-refractivity contribution < 1.29 is 9.53 Å². The van der Waals surface area contributed by atoms with E-state index >= 15 is 0 Å². The number of nitrogens with zero attached hydrogens (tertiary/aromatic N) is 4. The van der Waals surface area contributed by atoms with Crippen LogP contribution in [0.5, 0.6) is 0 Å².